The highest BCUT2D eigenvalue weighted by Crippen LogP contribution is 2.32. The number of ether oxygens (including phenoxy) is 6. The molecule has 0 aliphatic heterocycles. The van der Waals surface area contributed by atoms with E-state index < -0.39 is 0 Å². The van der Waals surface area contributed by atoms with E-state index in [0.717, 1.165) is 22.3 Å². The normalized spacial score (nSPS) is 10.5. The van der Waals surface area contributed by atoms with E-state index >= 15 is 0 Å². The summed E-state index contributed by atoms with van der Waals surface area (Å²) >= 11 is 0. The molecule has 30 heavy (non-hydrogen) atoms. The largest absolute Gasteiger partial charge is 0.491 e. The minimum Gasteiger partial charge on any atom is -0.491 e. The molecule has 160 valence electrons. The van der Waals surface area contributed by atoms with Crippen LogP contribution in [0.2, 0.25) is 0 Å². The minimum absolute atomic E-state index is 0.299. The summed E-state index contributed by atoms with van der Waals surface area (Å²) in [4.78, 5) is 0. The maximum Gasteiger partial charge on any atom is 0.127 e. The highest BCUT2D eigenvalue weighted by molar-refractivity contribution is 5.93. The predicted octanol–water partition coefficient (Wildman–Crippen LogP) is 2.93. The second-order valence-corrected chi connectivity index (χ2v) is 6.04. The lowest BCUT2D eigenvalue weighted by Gasteiger charge is -2.13. The highest BCUT2D eigenvalue weighted by Gasteiger charge is 2.07. The third kappa shape index (κ3) is 8.73. The monoisotopic (exact) mass is 412 g/mol. The highest BCUT2D eigenvalue weighted by atomic mass is 16.5. The van der Waals surface area contributed by atoms with Crippen molar-refractivity contribution in [1.29, 1.82) is 0 Å². The van der Waals surface area contributed by atoms with Crippen LogP contribution in [0, 0.1) is 24.7 Å². The van der Waals surface area contributed by atoms with Gasteiger partial charge in [-0.2, -0.15) is 0 Å². The maximum absolute atomic E-state index is 5.89. The van der Waals surface area contributed by atoms with Gasteiger partial charge in [-0.25, -0.2) is 0 Å². The van der Waals surface area contributed by atoms with Crippen LogP contribution >= 0.6 is 0 Å². The molecule has 6 nitrogen and oxygen atoms in total. The molecule has 0 unspecified atom stereocenters. The van der Waals surface area contributed by atoms with Crippen molar-refractivity contribution in [2.24, 2.45) is 0 Å². The van der Waals surface area contributed by atoms with E-state index in [2.05, 4.69) is 11.8 Å². The Morgan fingerprint density at radius 1 is 0.533 bits per heavy atom. The molecule has 2 rings (SSSR count). The number of terminal acetylenes is 2. The van der Waals surface area contributed by atoms with Crippen molar-refractivity contribution in [3.05, 3.63) is 36.4 Å². The van der Waals surface area contributed by atoms with Crippen molar-refractivity contribution in [1.82, 2.24) is 0 Å². The summed E-state index contributed by atoms with van der Waals surface area (Å²) in [6.07, 6.45) is 10.2. The zero-order valence-electron chi connectivity index (χ0n) is 17.1. The van der Waals surface area contributed by atoms with E-state index in [1.807, 2.05) is 36.4 Å². The van der Waals surface area contributed by atoms with Crippen LogP contribution < -0.4 is 9.47 Å². The molecule has 0 saturated carbocycles. The molecule has 2 aromatic rings. The molecule has 6 heteroatoms. The van der Waals surface area contributed by atoms with Crippen molar-refractivity contribution < 1.29 is 28.4 Å². The average Bonchev–Trinajstić information content (AvgIpc) is 2.77. The first kappa shape index (κ1) is 23.5. The van der Waals surface area contributed by atoms with Gasteiger partial charge in [0.2, 0.25) is 0 Å². The van der Waals surface area contributed by atoms with Crippen LogP contribution in [-0.4, -0.2) is 66.1 Å². The molecular formula is C24H28O6. The van der Waals surface area contributed by atoms with Crippen molar-refractivity contribution in [2.45, 2.75) is 0 Å². The summed E-state index contributed by atoms with van der Waals surface area (Å²) in [5.74, 6) is 6.39. The van der Waals surface area contributed by atoms with Gasteiger partial charge in [-0.15, -0.1) is 12.8 Å². The fraction of sp³-hybridized carbons (Fsp3) is 0.417. The van der Waals surface area contributed by atoms with E-state index in [1.165, 1.54) is 0 Å². The second kappa shape index (κ2) is 15.1. The van der Waals surface area contributed by atoms with E-state index in [4.69, 9.17) is 41.3 Å². The Bertz CT molecular complexity index is 751. The number of hydrogen-bond donors (Lipinski definition) is 0. The van der Waals surface area contributed by atoms with Gasteiger partial charge in [-0.1, -0.05) is 36.1 Å². The van der Waals surface area contributed by atoms with Crippen molar-refractivity contribution in [3.63, 3.8) is 0 Å². The zero-order chi connectivity index (χ0) is 21.3. The van der Waals surface area contributed by atoms with Gasteiger partial charge >= 0.3 is 0 Å². The van der Waals surface area contributed by atoms with Crippen molar-refractivity contribution >= 4 is 10.8 Å². The van der Waals surface area contributed by atoms with Gasteiger partial charge in [0.05, 0.1) is 39.6 Å². The van der Waals surface area contributed by atoms with Crippen LogP contribution in [0.1, 0.15) is 0 Å². The molecule has 0 heterocycles. The van der Waals surface area contributed by atoms with E-state index in [1.54, 1.807) is 0 Å². The lowest BCUT2D eigenvalue weighted by Crippen LogP contribution is -2.11. The van der Waals surface area contributed by atoms with Gasteiger partial charge < -0.3 is 28.4 Å². The summed E-state index contributed by atoms with van der Waals surface area (Å²) in [7, 11) is 0. The molecular weight excluding hydrogens is 384 g/mol. The van der Waals surface area contributed by atoms with Gasteiger partial charge in [0.15, 0.2) is 0 Å². The van der Waals surface area contributed by atoms with Gasteiger partial charge in [-0.3, -0.25) is 0 Å². The number of hydrogen-bond acceptors (Lipinski definition) is 6. The van der Waals surface area contributed by atoms with Gasteiger partial charge in [0, 0.05) is 10.8 Å². The predicted molar refractivity (Wildman–Crippen MR) is 116 cm³/mol. The zero-order valence-corrected chi connectivity index (χ0v) is 17.1. The van der Waals surface area contributed by atoms with Crippen LogP contribution in [0.15, 0.2) is 36.4 Å². The molecule has 0 saturated heterocycles. The Labute approximate surface area is 178 Å². The Morgan fingerprint density at radius 3 is 1.37 bits per heavy atom. The third-order valence-corrected chi connectivity index (χ3v) is 3.93. The number of fused-ring (bicyclic) bond motifs is 1. The van der Waals surface area contributed by atoms with Crippen LogP contribution in [-0.2, 0) is 18.9 Å². The van der Waals surface area contributed by atoms with Gasteiger partial charge in [-0.05, 0) is 12.1 Å². The summed E-state index contributed by atoms with van der Waals surface area (Å²) in [6.45, 7) is 4.32. The van der Waals surface area contributed by atoms with Crippen LogP contribution in [0.4, 0.5) is 0 Å². The SMILES string of the molecule is C#CCOCCOCCOc1cccc2c(OCCOCCOCC#C)cccc12. The Balaban J connectivity index is 1.76. The Morgan fingerprint density at radius 2 is 0.933 bits per heavy atom. The molecule has 0 atom stereocenters. The molecule has 0 amide bonds. The summed E-state index contributed by atoms with van der Waals surface area (Å²) in [6, 6.07) is 11.8. The third-order valence-electron chi connectivity index (χ3n) is 3.93. The smallest absolute Gasteiger partial charge is 0.127 e. The van der Waals surface area contributed by atoms with Crippen molar-refractivity contribution in [3.8, 4) is 36.2 Å². The molecule has 0 N–H and O–H groups in total. The van der Waals surface area contributed by atoms with E-state index in [0.29, 0.717) is 66.1 Å². The molecule has 0 aliphatic carbocycles. The minimum atomic E-state index is 0.299. The topological polar surface area (TPSA) is 55.4 Å². The molecule has 0 aliphatic rings. The lowest BCUT2D eigenvalue weighted by atomic mass is 10.1. The standard InChI is InChI=1S/C24H28O6/c1-3-11-25-13-15-27-17-19-29-23-9-5-8-22-21(23)7-6-10-24(22)30-20-18-28-16-14-26-12-4-2/h1-2,5-10H,11-20H2. The first-order chi connectivity index (χ1) is 14.9. The van der Waals surface area contributed by atoms with Crippen molar-refractivity contribution in [2.75, 3.05) is 66.1 Å². The van der Waals surface area contributed by atoms with Gasteiger partial charge in [0.25, 0.3) is 0 Å². The van der Waals surface area contributed by atoms with Crippen LogP contribution in [0.25, 0.3) is 10.8 Å². The summed E-state index contributed by atoms with van der Waals surface area (Å²) in [5.41, 5.74) is 0. The summed E-state index contributed by atoms with van der Waals surface area (Å²) in [5, 5.41) is 1.96. The molecule has 0 fully saturated rings. The lowest BCUT2D eigenvalue weighted by molar-refractivity contribution is 0.0463. The quantitative estimate of drug-likeness (QED) is 0.312. The molecule has 0 aromatic heterocycles. The first-order valence-electron chi connectivity index (χ1n) is 9.82. The first-order valence-corrected chi connectivity index (χ1v) is 9.82. The average molecular weight is 412 g/mol. The maximum atomic E-state index is 5.89. The van der Waals surface area contributed by atoms with Gasteiger partial charge in [0.1, 0.15) is 37.9 Å². The molecule has 0 bridgehead atoms. The fourth-order valence-corrected chi connectivity index (χ4v) is 2.63. The summed E-state index contributed by atoms with van der Waals surface area (Å²) < 4.78 is 33.0. The fourth-order valence-electron chi connectivity index (χ4n) is 2.63. The van der Waals surface area contributed by atoms with E-state index in [-0.39, 0.29) is 0 Å². The van der Waals surface area contributed by atoms with E-state index in [9.17, 15) is 0 Å². The molecule has 0 spiro atoms. The Kier molecular flexibility index (Phi) is 11.9. The van der Waals surface area contributed by atoms with Crippen LogP contribution in [0.5, 0.6) is 11.5 Å². The molecule has 2 aromatic carbocycles. The number of rotatable bonds is 16. The van der Waals surface area contributed by atoms with Crippen LogP contribution in [0.3, 0.4) is 0 Å². The Hall–Kier alpha value is -2.74. The molecule has 0 radical (unpaired) electrons. The number of benzene rings is 2. The second-order valence-electron chi connectivity index (χ2n) is 6.04.